The average Bonchev–Trinajstić information content (AvgIpc) is 2.68. The van der Waals surface area contributed by atoms with Crippen molar-refractivity contribution in [3.8, 4) is 5.75 Å². The number of carbonyl (C=O) groups is 1. The fraction of sp³-hybridized carbons (Fsp3) is 0.381. The maximum atomic E-state index is 12.4. The largest absolute Gasteiger partial charge is 0.496 e. The van der Waals surface area contributed by atoms with Crippen molar-refractivity contribution in [2.24, 2.45) is 0 Å². The molecule has 0 radical (unpaired) electrons. The number of methoxy groups -OCH3 is 1. The maximum Gasteiger partial charge on any atom is 0.296 e. The van der Waals surface area contributed by atoms with E-state index in [2.05, 4.69) is 12.2 Å². The molecule has 0 fully saturated rings. The molecule has 0 heterocycles. The lowest BCUT2D eigenvalue weighted by atomic mass is 10.0. The molecule has 2 rings (SSSR count). The second-order valence-electron chi connectivity index (χ2n) is 6.46. The summed E-state index contributed by atoms with van der Waals surface area (Å²) in [6, 6.07) is 11.7. The van der Waals surface area contributed by atoms with Crippen molar-refractivity contribution in [2.75, 3.05) is 12.4 Å². The van der Waals surface area contributed by atoms with E-state index in [0.29, 0.717) is 11.3 Å². The van der Waals surface area contributed by atoms with Crippen LogP contribution < -0.4 is 10.1 Å². The lowest BCUT2D eigenvalue weighted by Gasteiger charge is -2.08. The van der Waals surface area contributed by atoms with Gasteiger partial charge in [-0.25, -0.2) is 0 Å². The second-order valence-corrected chi connectivity index (χ2v) is 6.46. The molecule has 0 aromatic heterocycles. The van der Waals surface area contributed by atoms with Crippen LogP contribution in [-0.2, 0) is 6.42 Å². The first-order valence-electron chi connectivity index (χ1n) is 9.28. The molecule has 6 nitrogen and oxygen atoms in total. The zero-order chi connectivity index (χ0) is 19.6. The molecule has 0 aliphatic heterocycles. The molecule has 0 unspecified atom stereocenters. The van der Waals surface area contributed by atoms with E-state index in [1.807, 2.05) is 12.1 Å². The highest BCUT2D eigenvalue weighted by Crippen LogP contribution is 2.29. The summed E-state index contributed by atoms with van der Waals surface area (Å²) in [4.78, 5) is 23.1. The first-order chi connectivity index (χ1) is 13.0. The van der Waals surface area contributed by atoms with E-state index >= 15 is 0 Å². The summed E-state index contributed by atoms with van der Waals surface area (Å²) in [6.45, 7) is 2.20. The van der Waals surface area contributed by atoms with Gasteiger partial charge >= 0.3 is 0 Å². The van der Waals surface area contributed by atoms with Crippen LogP contribution >= 0.6 is 0 Å². The predicted octanol–water partition coefficient (Wildman–Crippen LogP) is 5.37. The highest BCUT2D eigenvalue weighted by molar-refractivity contribution is 6.05. The van der Waals surface area contributed by atoms with Crippen LogP contribution in [0.1, 0.15) is 54.9 Å². The van der Waals surface area contributed by atoms with Crippen molar-refractivity contribution in [1.82, 2.24) is 0 Å². The topological polar surface area (TPSA) is 81.5 Å². The van der Waals surface area contributed by atoms with Gasteiger partial charge in [-0.3, -0.25) is 14.9 Å². The van der Waals surface area contributed by atoms with Gasteiger partial charge in [0.1, 0.15) is 11.4 Å². The number of unbranched alkanes of at least 4 members (excludes halogenated alkanes) is 4. The summed E-state index contributed by atoms with van der Waals surface area (Å²) in [7, 11) is 1.43. The summed E-state index contributed by atoms with van der Waals surface area (Å²) < 4.78 is 5.00. The number of aryl methyl sites for hydroxylation is 1. The first kappa shape index (κ1) is 20.4. The standard InChI is InChI=1S/C21H26N2O4/c1-3-4-5-6-7-8-16-9-11-17(12-10-16)21(24)22-19-14-13-18(27-2)15-20(19)23(25)26/h9-15H,3-8H2,1-2H3,(H,22,24). The van der Waals surface area contributed by atoms with E-state index in [1.54, 1.807) is 18.2 Å². The fourth-order valence-corrected chi connectivity index (χ4v) is 2.85. The molecule has 0 saturated carbocycles. The third-order valence-electron chi connectivity index (χ3n) is 4.43. The molecule has 6 heteroatoms. The Balaban J connectivity index is 1.99. The highest BCUT2D eigenvalue weighted by atomic mass is 16.6. The number of nitrogens with one attached hydrogen (secondary N) is 1. The van der Waals surface area contributed by atoms with Crippen molar-refractivity contribution >= 4 is 17.3 Å². The number of anilines is 1. The van der Waals surface area contributed by atoms with Crippen LogP contribution in [0.4, 0.5) is 11.4 Å². The van der Waals surface area contributed by atoms with Crippen molar-refractivity contribution in [2.45, 2.75) is 45.4 Å². The molecule has 2 aromatic carbocycles. The molecule has 1 amide bonds. The molecule has 0 atom stereocenters. The Morgan fingerprint density at radius 1 is 1.07 bits per heavy atom. The number of nitro benzene ring substituents is 1. The summed E-state index contributed by atoms with van der Waals surface area (Å²) in [5.41, 5.74) is 1.60. The lowest BCUT2D eigenvalue weighted by Crippen LogP contribution is -2.13. The van der Waals surface area contributed by atoms with Crippen LogP contribution in [0.3, 0.4) is 0 Å². The van der Waals surface area contributed by atoms with Gasteiger partial charge in [0, 0.05) is 5.56 Å². The molecule has 144 valence electrons. The van der Waals surface area contributed by atoms with Gasteiger partial charge < -0.3 is 10.1 Å². The molecule has 27 heavy (non-hydrogen) atoms. The Labute approximate surface area is 159 Å². The van der Waals surface area contributed by atoms with Crippen LogP contribution in [0.2, 0.25) is 0 Å². The van der Waals surface area contributed by atoms with E-state index in [9.17, 15) is 14.9 Å². The molecule has 0 aliphatic rings. The third kappa shape index (κ3) is 6.09. The second kappa shape index (κ2) is 10.3. The predicted molar refractivity (Wildman–Crippen MR) is 107 cm³/mol. The van der Waals surface area contributed by atoms with Crippen molar-refractivity contribution in [1.29, 1.82) is 0 Å². The number of nitrogens with zero attached hydrogens (tertiary/aromatic N) is 1. The zero-order valence-corrected chi connectivity index (χ0v) is 15.9. The zero-order valence-electron chi connectivity index (χ0n) is 15.9. The summed E-state index contributed by atoms with van der Waals surface area (Å²) in [6.07, 6.45) is 7.13. The van der Waals surface area contributed by atoms with Crippen LogP contribution in [0, 0.1) is 10.1 Å². The Morgan fingerprint density at radius 2 is 1.78 bits per heavy atom. The van der Waals surface area contributed by atoms with Gasteiger partial charge in [0.25, 0.3) is 11.6 Å². The minimum Gasteiger partial charge on any atom is -0.496 e. The van der Waals surface area contributed by atoms with E-state index in [-0.39, 0.29) is 17.3 Å². The van der Waals surface area contributed by atoms with E-state index in [1.165, 1.54) is 50.5 Å². The third-order valence-corrected chi connectivity index (χ3v) is 4.43. The number of hydrogen-bond acceptors (Lipinski definition) is 4. The molecular formula is C21H26N2O4. The van der Waals surface area contributed by atoms with Crippen molar-refractivity contribution in [3.05, 3.63) is 63.7 Å². The van der Waals surface area contributed by atoms with Gasteiger partial charge in [0.2, 0.25) is 0 Å². The van der Waals surface area contributed by atoms with Crippen molar-refractivity contribution < 1.29 is 14.5 Å². The Bertz CT molecular complexity index is 772. The fourth-order valence-electron chi connectivity index (χ4n) is 2.85. The number of benzene rings is 2. The molecular weight excluding hydrogens is 344 g/mol. The van der Waals surface area contributed by atoms with Gasteiger partial charge in [-0.15, -0.1) is 0 Å². The monoisotopic (exact) mass is 370 g/mol. The Hall–Kier alpha value is -2.89. The van der Waals surface area contributed by atoms with Crippen LogP contribution in [-0.4, -0.2) is 17.9 Å². The smallest absolute Gasteiger partial charge is 0.296 e. The lowest BCUT2D eigenvalue weighted by molar-refractivity contribution is -0.384. The maximum absolute atomic E-state index is 12.4. The summed E-state index contributed by atoms with van der Waals surface area (Å²) in [5.74, 6) is -0.0132. The Kier molecular flexibility index (Phi) is 7.79. The summed E-state index contributed by atoms with van der Waals surface area (Å²) in [5, 5.41) is 13.8. The molecule has 2 aromatic rings. The van der Waals surface area contributed by atoms with E-state index < -0.39 is 4.92 Å². The van der Waals surface area contributed by atoms with Gasteiger partial charge in [0.15, 0.2) is 0 Å². The number of carbonyl (C=O) groups excluding carboxylic acids is 1. The summed E-state index contributed by atoms with van der Waals surface area (Å²) >= 11 is 0. The average molecular weight is 370 g/mol. The van der Waals surface area contributed by atoms with Crippen LogP contribution in [0.25, 0.3) is 0 Å². The number of ether oxygens (including phenoxy) is 1. The van der Waals surface area contributed by atoms with Crippen molar-refractivity contribution in [3.63, 3.8) is 0 Å². The number of rotatable bonds is 10. The minimum absolute atomic E-state index is 0.144. The van der Waals surface area contributed by atoms with Gasteiger partial charge in [0.05, 0.1) is 18.1 Å². The SMILES string of the molecule is CCCCCCCc1ccc(C(=O)Nc2ccc(OC)cc2[N+](=O)[O-])cc1. The van der Waals surface area contributed by atoms with Crippen LogP contribution in [0.5, 0.6) is 5.75 Å². The molecule has 0 aliphatic carbocycles. The minimum atomic E-state index is -0.542. The van der Waals surface area contributed by atoms with E-state index in [0.717, 1.165) is 12.8 Å². The number of nitro groups is 1. The molecule has 1 N–H and O–H groups in total. The first-order valence-corrected chi connectivity index (χ1v) is 9.28. The van der Waals surface area contributed by atoms with Gasteiger partial charge in [-0.2, -0.15) is 0 Å². The molecule has 0 spiro atoms. The number of amides is 1. The highest BCUT2D eigenvalue weighted by Gasteiger charge is 2.18. The van der Waals surface area contributed by atoms with Gasteiger partial charge in [-0.1, -0.05) is 44.7 Å². The normalized spacial score (nSPS) is 10.4. The molecule has 0 saturated heterocycles. The quantitative estimate of drug-likeness (QED) is 0.346. The molecule has 0 bridgehead atoms. The van der Waals surface area contributed by atoms with Crippen LogP contribution in [0.15, 0.2) is 42.5 Å². The van der Waals surface area contributed by atoms with E-state index in [4.69, 9.17) is 4.74 Å². The Morgan fingerprint density at radius 3 is 2.41 bits per heavy atom. The van der Waals surface area contributed by atoms with Gasteiger partial charge in [-0.05, 0) is 42.7 Å². The number of hydrogen-bond donors (Lipinski definition) is 1.